The van der Waals surface area contributed by atoms with Gasteiger partial charge in [-0.2, -0.15) is 12.4 Å². The van der Waals surface area contributed by atoms with Crippen LogP contribution in [0.4, 0.5) is 4.32 Å². The van der Waals surface area contributed by atoms with Crippen LogP contribution in [0.25, 0.3) is 0 Å². The maximum absolute atomic E-state index is 11.2. The van der Waals surface area contributed by atoms with Crippen LogP contribution >= 0.6 is 12.4 Å². The molecule has 0 amide bonds. The van der Waals surface area contributed by atoms with E-state index in [1.165, 1.54) is 6.82 Å². The van der Waals surface area contributed by atoms with E-state index in [1.54, 1.807) is 0 Å². The van der Waals surface area contributed by atoms with Gasteiger partial charge in [0.1, 0.15) is 0 Å². The Balaban J connectivity index is 2.54. The lowest BCUT2D eigenvalue weighted by molar-refractivity contribution is 0.870. The fraction of sp³-hybridized carbons (Fsp3) is 1.00. The summed E-state index contributed by atoms with van der Waals surface area (Å²) in [4.78, 5) is 0. The maximum Gasteiger partial charge on any atom is 0.406 e. The van der Waals surface area contributed by atoms with Crippen molar-refractivity contribution in [2.45, 2.75) is 6.82 Å². The molecular weight excluding hydrogens is 73.9 g/mol. The third kappa shape index (κ3) is 35.6. The van der Waals surface area contributed by atoms with E-state index in [0.717, 1.165) is 0 Å². The second kappa shape index (κ2) is 1.64. The zero-order valence-corrected chi connectivity index (χ0v) is 3.18. The van der Waals surface area contributed by atoms with Gasteiger partial charge in [-0.3, -0.25) is 0 Å². The minimum absolute atomic E-state index is 0.463. The molecule has 0 heterocycles. The van der Waals surface area contributed by atoms with Gasteiger partial charge < -0.3 is 4.32 Å². The Labute approximate surface area is 31.9 Å². The molecule has 0 aromatic heterocycles. The largest absolute Gasteiger partial charge is 0.406 e. The van der Waals surface area contributed by atoms with E-state index in [4.69, 9.17) is 1.12 Å². The Morgan fingerprint density at radius 1 is 2.50 bits per heavy atom. The second-order valence-corrected chi connectivity index (χ2v) is 1.19. The molecule has 0 aliphatic carbocycles. The summed E-state index contributed by atoms with van der Waals surface area (Å²) in [5.74, 6) is 0. The third-order valence-corrected chi connectivity index (χ3v) is 0. The average Bonchev–Trinajstić information content (AvgIpc) is 1.38. The van der Waals surface area contributed by atoms with Crippen LogP contribution in [-0.4, -0.2) is 7.39 Å². The Hall–Kier alpha value is 0.345. The van der Waals surface area contributed by atoms with Crippen LogP contribution in [0.5, 0.6) is 0 Å². The van der Waals surface area contributed by atoms with Crippen LogP contribution in [0.1, 0.15) is 0 Å². The van der Waals surface area contributed by atoms with Gasteiger partial charge in [0.2, 0.25) is 0 Å². The van der Waals surface area contributed by atoms with E-state index < -0.39 is 6.27 Å². The van der Waals surface area contributed by atoms with E-state index in [9.17, 15) is 4.32 Å². The predicted octanol–water partition coefficient (Wildman–Crippen LogP) is 1.00. The second-order valence-electron chi connectivity index (χ2n) is 0.543. The number of halogens is 1. The topological polar surface area (TPSA) is 0 Å². The highest BCUT2D eigenvalue weighted by molar-refractivity contribution is 8.09. The first-order valence-electron chi connectivity index (χ1n) is 1.44. The average molecular weight is 79.9 g/mol. The minimum atomic E-state index is -1.03. The van der Waals surface area contributed by atoms with Crippen molar-refractivity contribution in [2.24, 2.45) is 0 Å². The lowest BCUT2D eigenvalue weighted by atomic mass is 10.1. The molecule has 0 aromatic rings. The number of hydrogen-bond acceptors (Lipinski definition) is 1. The van der Waals surface area contributed by atoms with Gasteiger partial charge in [0.15, 0.2) is 0 Å². The molecule has 3 heteroatoms. The van der Waals surface area contributed by atoms with Crippen molar-refractivity contribution in [3.05, 3.63) is 0 Å². The van der Waals surface area contributed by atoms with E-state index in [-0.39, 0.29) is 0 Å². The molecule has 0 aromatic carbocycles. The van der Waals surface area contributed by atoms with Crippen molar-refractivity contribution in [1.82, 2.24) is 0 Å². The van der Waals surface area contributed by atoms with Crippen LogP contribution in [-0.2, 0) is 0 Å². The van der Waals surface area contributed by atoms with Crippen molar-refractivity contribution >= 4 is 18.7 Å². The number of thiol groups is 1. The molecule has 0 aliphatic heterocycles. The lowest BCUT2D eigenvalue weighted by Crippen LogP contribution is -1.76. The summed E-state index contributed by atoms with van der Waals surface area (Å²) in [6.45, 7) is 1.33. The van der Waals surface area contributed by atoms with Gasteiger partial charge >= 0.3 is 6.27 Å². The highest BCUT2D eigenvalue weighted by Gasteiger charge is 1.87. The Morgan fingerprint density at radius 3 is 2.75 bits per heavy atom. The maximum atomic E-state index is 11.2. The monoisotopic (exact) mass is 80.0 g/mol. The zero-order chi connectivity index (χ0) is 4.28. The normalized spacial score (nSPS) is 10.0. The summed E-state index contributed by atoms with van der Waals surface area (Å²) in [5, 5.41) is 0. The van der Waals surface area contributed by atoms with Gasteiger partial charge in [-0.25, -0.2) is 0 Å². The summed E-state index contributed by atoms with van der Waals surface area (Å²) >= 11 is 0.463. The van der Waals surface area contributed by atoms with Crippen LogP contribution in [0.15, 0.2) is 0 Å². The van der Waals surface area contributed by atoms with Gasteiger partial charge in [0.25, 0.3) is 0 Å². The first-order chi connectivity index (χ1) is 2.27. The van der Waals surface area contributed by atoms with Crippen molar-refractivity contribution in [2.75, 3.05) is 0 Å². The third-order valence-electron chi connectivity index (χ3n) is 0. The smallest absolute Gasteiger partial charge is 0.320 e. The standard InChI is InChI=1S/CH4BFS/c1-2(3)4/h4H,1H3/i4T. The molecule has 0 unspecified atom stereocenters. The predicted molar refractivity (Wildman–Crippen MR) is 21.7 cm³/mol. The van der Waals surface area contributed by atoms with Crippen molar-refractivity contribution in [3.8, 4) is 0 Å². The molecule has 24 valence electrons. The fourth-order valence-corrected chi connectivity index (χ4v) is 0. The number of hydrogen-bond donors (Lipinski definition) is 1. The fourth-order valence-electron chi connectivity index (χ4n) is 0. The highest BCUT2D eigenvalue weighted by Crippen LogP contribution is 1.82. The number of rotatable bonds is 1. The highest BCUT2D eigenvalue weighted by atomic mass is 32.1. The molecule has 0 N–H and O–H groups in total. The van der Waals surface area contributed by atoms with Gasteiger partial charge in [-0.15, -0.1) is 0 Å². The Kier molecular flexibility index (Phi) is 1.06. The minimum Gasteiger partial charge on any atom is -0.320 e. The lowest BCUT2D eigenvalue weighted by Gasteiger charge is -1.65. The Bertz CT molecular complexity index is 25.6. The summed E-state index contributed by atoms with van der Waals surface area (Å²) in [6, 6.07) is 0. The van der Waals surface area contributed by atoms with Crippen molar-refractivity contribution in [3.63, 3.8) is 0 Å². The molecule has 0 radical (unpaired) electrons. The molecule has 0 spiro atoms. The van der Waals surface area contributed by atoms with Gasteiger partial charge in [0, 0.05) is 0 Å². The van der Waals surface area contributed by atoms with Gasteiger partial charge in [0.05, 0.1) is 1.12 Å². The molecule has 0 bridgehead atoms. The van der Waals surface area contributed by atoms with Gasteiger partial charge in [-0.05, 0) is 6.82 Å². The molecule has 0 saturated heterocycles. The van der Waals surface area contributed by atoms with E-state index in [2.05, 4.69) is 0 Å². The summed E-state index contributed by atoms with van der Waals surface area (Å²) in [7, 11) is 0. The van der Waals surface area contributed by atoms with E-state index in [1.807, 2.05) is 0 Å². The van der Waals surface area contributed by atoms with Crippen LogP contribution < -0.4 is 0 Å². The molecule has 0 rings (SSSR count). The molecule has 0 nitrogen and oxygen atoms in total. The first kappa shape index (κ1) is 2.58. The van der Waals surface area contributed by atoms with E-state index >= 15 is 0 Å². The molecule has 0 saturated carbocycles. The van der Waals surface area contributed by atoms with Crippen molar-refractivity contribution < 1.29 is 4.32 Å². The summed E-state index contributed by atoms with van der Waals surface area (Å²) < 4.78 is 17.4. The van der Waals surface area contributed by atoms with Gasteiger partial charge in [-0.1, -0.05) is 0 Å². The van der Waals surface area contributed by atoms with Crippen LogP contribution in [0.3, 0.4) is 0 Å². The zero-order valence-electron chi connectivity index (χ0n) is 3.36. The van der Waals surface area contributed by atoms with Crippen LogP contribution in [0.2, 0.25) is 6.82 Å². The molecular formula is CH4BFS. The molecule has 0 fully saturated rings. The molecule has 0 aliphatic rings. The van der Waals surface area contributed by atoms with Crippen molar-refractivity contribution in [1.29, 1.82) is 1.12 Å². The molecule has 4 heavy (non-hydrogen) atoms. The quantitative estimate of drug-likeness (QED) is 0.352. The SMILES string of the molecule is [3H]SB(C)F. The summed E-state index contributed by atoms with van der Waals surface area (Å²) in [6.07, 6.45) is -1.03. The molecule has 0 atom stereocenters. The Morgan fingerprint density at radius 2 is 2.75 bits per heavy atom. The first-order valence-corrected chi connectivity index (χ1v) is 1.50. The van der Waals surface area contributed by atoms with E-state index in [0.29, 0.717) is 12.4 Å². The summed E-state index contributed by atoms with van der Waals surface area (Å²) in [5.41, 5.74) is 0. The van der Waals surface area contributed by atoms with Crippen LogP contribution in [0, 0.1) is 0 Å².